The molecule has 2 aliphatic rings. The van der Waals surface area contributed by atoms with E-state index in [4.69, 9.17) is 5.73 Å². The number of aryl methyl sites for hydroxylation is 1. The van der Waals surface area contributed by atoms with Crippen LogP contribution in [0.25, 0.3) is 0 Å². The van der Waals surface area contributed by atoms with Crippen molar-refractivity contribution in [1.29, 1.82) is 0 Å². The monoisotopic (exact) mass is 297 g/mol. The van der Waals surface area contributed by atoms with Crippen LogP contribution < -0.4 is 5.73 Å². The second-order valence-electron chi connectivity index (χ2n) is 6.20. The zero-order valence-electron chi connectivity index (χ0n) is 11.8. The summed E-state index contributed by atoms with van der Waals surface area (Å²) < 4.78 is 0. The van der Waals surface area contributed by atoms with E-state index in [9.17, 15) is 10.2 Å². The molecule has 2 atom stereocenters. The third-order valence-corrected chi connectivity index (χ3v) is 5.32. The molecular formula is C16H24ClNO2. The van der Waals surface area contributed by atoms with Gasteiger partial charge in [-0.25, -0.2) is 0 Å². The van der Waals surface area contributed by atoms with Crippen molar-refractivity contribution >= 4 is 12.4 Å². The average Bonchev–Trinajstić information content (AvgIpc) is 2.39. The largest absolute Gasteiger partial charge is 0.508 e. The molecule has 0 aliphatic heterocycles. The van der Waals surface area contributed by atoms with Crippen LogP contribution >= 0.6 is 12.4 Å². The molecule has 1 aromatic carbocycles. The topological polar surface area (TPSA) is 66.5 Å². The van der Waals surface area contributed by atoms with E-state index in [1.165, 1.54) is 11.1 Å². The van der Waals surface area contributed by atoms with E-state index in [2.05, 4.69) is 0 Å². The van der Waals surface area contributed by atoms with Gasteiger partial charge in [-0.15, -0.1) is 12.4 Å². The maximum absolute atomic E-state index is 11.2. The third kappa shape index (κ3) is 2.12. The summed E-state index contributed by atoms with van der Waals surface area (Å²) in [6.45, 7) is 0.600. The first-order valence-electron chi connectivity index (χ1n) is 7.36. The van der Waals surface area contributed by atoms with Crippen LogP contribution in [-0.4, -0.2) is 22.4 Å². The fourth-order valence-corrected chi connectivity index (χ4v) is 4.40. The summed E-state index contributed by atoms with van der Waals surface area (Å²) in [5.41, 5.74) is 7.47. The molecule has 0 radical (unpaired) electrons. The van der Waals surface area contributed by atoms with Crippen LogP contribution in [0.1, 0.15) is 49.7 Å². The van der Waals surface area contributed by atoms with Crippen LogP contribution in [0, 0.1) is 0 Å². The fourth-order valence-electron chi connectivity index (χ4n) is 4.40. The van der Waals surface area contributed by atoms with Crippen LogP contribution in [0.3, 0.4) is 0 Å². The Morgan fingerprint density at radius 1 is 1.15 bits per heavy atom. The van der Waals surface area contributed by atoms with E-state index in [1.807, 2.05) is 12.1 Å². The van der Waals surface area contributed by atoms with Crippen LogP contribution in [0.2, 0.25) is 0 Å². The first-order valence-corrected chi connectivity index (χ1v) is 7.36. The smallest absolute Gasteiger partial charge is 0.115 e. The van der Waals surface area contributed by atoms with E-state index in [-0.39, 0.29) is 17.8 Å². The number of aliphatic hydroxyl groups is 1. The molecule has 112 valence electrons. The number of fused-ring (bicyclic) bond motifs is 3. The van der Waals surface area contributed by atoms with Crippen LogP contribution in [-0.2, 0) is 11.8 Å². The summed E-state index contributed by atoms with van der Waals surface area (Å²) in [5, 5.41) is 20.8. The molecule has 0 heterocycles. The molecule has 0 aromatic heterocycles. The van der Waals surface area contributed by atoms with Gasteiger partial charge in [0.25, 0.3) is 0 Å². The van der Waals surface area contributed by atoms with Crippen molar-refractivity contribution in [2.45, 2.75) is 56.0 Å². The van der Waals surface area contributed by atoms with Gasteiger partial charge in [0, 0.05) is 5.41 Å². The Hall–Kier alpha value is -0.770. The molecule has 0 bridgehead atoms. The minimum absolute atomic E-state index is 0. The molecule has 4 N–H and O–H groups in total. The number of halogens is 1. The quantitative estimate of drug-likeness (QED) is 0.786. The van der Waals surface area contributed by atoms with Gasteiger partial charge in [-0.2, -0.15) is 0 Å². The van der Waals surface area contributed by atoms with Gasteiger partial charge in [-0.3, -0.25) is 0 Å². The van der Waals surface area contributed by atoms with Crippen LogP contribution in [0.4, 0.5) is 0 Å². The number of hydrogen-bond acceptors (Lipinski definition) is 3. The normalized spacial score (nSPS) is 31.9. The summed E-state index contributed by atoms with van der Waals surface area (Å²) in [6.07, 6.45) is 6.64. The lowest BCUT2D eigenvalue weighted by atomic mass is 9.53. The molecule has 1 saturated carbocycles. The van der Waals surface area contributed by atoms with E-state index >= 15 is 0 Å². The zero-order chi connectivity index (χ0) is 13.5. The lowest BCUT2D eigenvalue weighted by Crippen LogP contribution is -2.57. The van der Waals surface area contributed by atoms with Gasteiger partial charge < -0.3 is 15.9 Å². The standard InChI is InChI=1S/C16H23NO2.ClH/c17-10-9-15-6-1-2-7-16(15,19)8-5-12-11-13(18)3-4-14(12)15;/h3-4,11,18-19H,1-2,5-10,17H2;1H/t15-,16+;/m0./s1. The van der Waals surface area contributed by atoms with Crippen molar-refractivity contribution < 1.29 is 10.2 Å². The maximum atomic E-state index is 11.2. The van der Waals surface area contributed by atoms with E-state index in [0.717, 1.165) is 44.9 Å². The van der Waals surface area contributed by atoms with Crippen LogP contribution in [0.5, 0.6) is 5.75 Å². The van der Waals surface area contributed by atoms with Crippen molar-refractivity contribution in [3.05, 3.63) is 29.3 Å². The molecule has 1 fully saturated rings. The third-order valence-electron chi connectivity index (χ3n) is 5.32. The minimum Gasteiger partial charge on any atom is -0.508 e. The van der Waals surface area contributed by atoms with Gasteiger partial charge in [0.05, 0.1) is 5.60 Å². The molecule has 3 rings (SSSR count). The molecule has 0 amide bonds. The molecule has 20 heavy (non-hydrogen) atoms. The number of phenols is 1. The van der Waals surface area contributed by atoms with Crippen molar-refractivity contribution in [2.75, 3.05) is 6.54 Å². The maximum Gasteiger partial charge on any atom is 0.115 e. The van der Waals surface area contributed by atoms with Gasteiger partial charge in [-0.05, 0) is 61.9 Å². The number of phenolic OH excluding ortho intramolecular Hbond substituents is 1. The molecule has 1 aromatic rings. The first kappa shape index (κ1) is 15.6. The summed E-state index contributed by atoms with van der Waals surface area (Å²) in [7, 11) is 0. The number of rotatable bonds is 2. The van der Waals surface area contributed by atoms with Gasteiger partial charge in [0.2, 0.25) is 0 Å². The number of nitrogens with two attached hydrogens (primary N) is 1. The molecule has 4 heteroatoms. The predicted octanol–water partition coefficient (Wildman–Crippen LogP) is 2.65. The number of benzene rings is 1. The highest BCUT2D eigenvalue weighted by molar-refractivity contribution is 5.85. The molecule has 2 aliphatic carbocycles. The highest BCUT2D eigenvalue weighted by Gasteiger charge is 2.54. The van der Waals surface area contributed by atoms with Gasteiger partial charge in [0.15, 0.2) is 0 Å². The van der Waals surface area contributed by atoms with Crippen LogP contribution in [0.15, 0.2) is 18.2 Å². The Balaban J connectivity index is 0.00000147. The molecule has 3 nitrogen and oxygen atoms in total. The Morgan fingerprint density at radius 2 is 1.90 bits per heavy atom. The number of hydrogen-bond donors (Lipinski definition) is 3. The second-order valence-corrected chi connectivity index (χ2v) is 6.20. The average molecular weight is 298 g/mol. The molecule has 0 spiro atoms. The highest BCUT2D eigenvalue weighted by Crippen LogP contribution is 2.54. The van der Waals surface area contributed by atoms with E-state index < -0.39 is 5.60 Å². The Labute approximate surface area is 126 Å². The van der Waals surface area contributed by atoms with Gasteiger partial charge in [0.1, 0.15) is 5.75 Å². The zero-order valence-corrected chi connectivity index (χ0v) is 12.6. The summed E-state index contributed by atoms with van der Waals surface area (Å²) in [4.78, 5) is 0. The predicted molar refractivity (Wildman–Crippen MR) is 82.4 cm³/mol. The fraction of sp³-hybridized carbons (Fsp3) is 0.625. The lowest BCUT2D eigenvalue weighted by molar-refractivity contribution is -0.0862. The van der Waals surface area contributed by atoms with Crippen molar-refractivity contribution in [2.24, 2.45) is 5.73 Å². The van der Waals surface area contributed by atoms with E-state index in [0.29, 0.717) is 12.3 Å². The second kappa shape index (κ2) is 5.55. The summed E-state index contributed by atoms with van der Waals surface area (Å²) in [5.74, 6) is 0.322. The van der Waals surface area contributed by atoms with E-state index in [1.54, 1.807) is 6.07 Å². The first-order chi connectivity index (χ1) is 9.11. The molecule has 0 saturated heterocycles. The highest BCUT2D eigenvalue weighted by atomic mass is 35.5. The van der Waals surface area contributed by atoms with Crippen molar-refractivity contribution in [1.82, 2.24) is 0 Å². The molecular weight excluding hydrogens is 274 g/mol. The van der Waals surface area contributed by atoms with Crippen molar-refractivity contribution in [3.63, 3.8) is 0 Å². The Bertz CT molecular complexity index is 489. The lowest BCUT2D eigenvalue weighted by Gasteiger charge is -2.54. The summed E-state index contributed by atoms with van der Waals surface area (Å²) >= 11 is 0. The SMILES string of the molecule is Cl.NCC[C@]12CCCC[C@@]1(O)CCc1cc(O)ccc12. The Kier molecular flexibility index (Phi) is 4.33. The van der Waals surface area contributed by atoms with Gasteiger partial charge in [-0.1, -0.05) is 18.9 Å². The number of aromatic hydroxyl groups is 1. The van der Waals surface area contributed by atoms with Crippen molar-refractivity contribution in [3.8, 4) is 5.75 Å². The van der Waals surface area contributed by atoms with Gasteiger partial charge >= 0.3 is 0 Å². The molecule has 0 unspecified atom stereocenters. The Morgan fingerprint density at radius 3 is 2.65 bits per heavy atom. The minimum atomic E-state index is -0.603. The summed E-state index contributed by atoms with van der Waals surface area (Å²) in [6, 6.07) is 5.62.